The zero-order valence-corrected chi connectivity index (χ0v) is 11.0. The number of nitrogens with one attached hydrogen (secondary N) is 1. The molecule has 7 heteroatoms. The molecule has 3 N–H and O–H groups in total. The zero-order chi connectivity index (χ0) is 13.5. The second kappa shape index (κ2) is 7.20. The third-order valence-electron chi connectivity index (χ3n) is 3.45. The molecule has 0 bridgehead atoms. The predicted molar refractivity (Wildman–Crippen MR) is 69.1 cm³/mol. The van der Waals surface area contributed by atoms with Crippen LogP contribution in [0.1, 0.15) is 42.6 Å². The average molecular weight is 267 g/mol. The number of amides is 1. The average Bonchev–Trinajstić information content (AvgIpc) is 2.93. The summed E-state index contributed by atoms with van der Waals surface area (Å²) in [6, 6.07) is 0. The highest BCUT2D eigenvalue weighted by atomic mass is 16.5. The Hall–Kier alpha value is -1.47. The second-order valence-corrected chi connectivity index (χ2v) is 4.92. The molecule has 106 valence electrons. The molecule has 0 saturated heterocycles. The Morgan fingerprint density at radius 1 is 1.47 bits per heavy atom. The largest absolute Gasteiger partial charge is 0.379 e. The van der Waals surface area contributed by atoms with E-state index < -0.39 is 5.91 Å². The molecule has 19 heavy (non-hydrogen) atoms. The van der Waals surface area contributed by atoms with Crippen LogP contribution in [0.4, 0.5) is 0 Å². The van der Waals surface area contributed by atoms with Gasteiger partial charge in [0, 0.05) is 6.61 Å². The first-order valence-electron chi connectivity index (χ1n) is 6.78. The number of carbonyl (C=O) groups is 1. The second-order valence-electron chi connectivity index (χ2n) is 4.92. The van der Waals surface area contributed by atoms with Crippen molar-refractivity contribution in [3.63, 3.8) is 0 Å². The van der Waals surface area contributed by atoms with Crippen LogP contribution < -0.4 is 11.3 Å². The van der Waals surface area contributed by atoms with Gasteiger partial charge in [-0.3, -0.25) is 10.2 Å². The van der Waals surface area contributed by atoms with Gasteiger partial charge in [0.1, 0.15) is 0 Å². The number of hydrogen-bond acceptors (Lipinski definition) is 5. The fraction of sp³-hybridized carbons (Fsp3) is 0.750. The van der Waals surface area contributed by atoms with Gasteiger partial charge in [-0.2, -0.15) is 0 Å². The first-order chi connectivity index (χ1) is 9.29. The number of nitrogen functional groups attached to an aromatic ring is 1. The van der Waals surface area contributed by atoms with E-state index in [9.17, 15) is 4.79 Å². The summed E-state index contributed by atoms with van der Waals surface area (Å²) in [6.45, 7) is 2.01. The molecule has 1 amide bonds. The molecule has 0 aliphatic heterocycles. The van der Waals surface area contributed by atoms with E-state index in [0.29, 0.717) is 19.1 Å². The number of rotatable bonds is 6. The third kappa shape index (κ3) is 4.29. The van der Waals surface area contributed by atoms with Gasteiger partial charge in [0.15, 0.2) is 5.69 Å². The summed E-state index contributed by atoms with van der Waals surface area (Å²) in [5, 5.41) is 7.56. The van der Waals surface area contributed by atoms with E-state index in [-0.39, 0.29) is 5.69 Å². The van der Waals surface area contributed by atoms with Crippen molar-refractivity contribution in [2.24, 2.45) is 11.8 Å². The minimum Gasteiger partial charge on any atom is -0.379 e. The minimum absolute atomic E-state index is 0.217. The molecule has 1 heterocycles. The van der Waals surface area contributed by atoms with Crippen molar-refractivity contribution in [3.05, 3.63) is 11.9 Å². The van der Waals surface area contributed by atoms with E-state index in [4.69, 9.17) is 10.6 Å². The van der Waals surface area contributed by atoms with Crippen LogP contribution in [0.15, 0.2) is 6.20 Å². The molecule has 1 fully saturated rings. The van der Waals surface area contributed by atoms with Crippen molar-refractivity contribution in [3.8, 4) is 0 Å². The zero-order valence-electron chi connectivity index (χ0n) is 11.0. The Morgan fingerprint density at radius 2 is 2.26 bits per heavy atom. The lowest BCUT2D eigenvalue weighted by atomic mass is 9.90. The van der Waals surface area contributed by atoms with Gasteiger partial charge in [0.05, 0.1) is 19.3 Å². The Balaban J connectivity index is 1.65. The molecule has 1 aromatic rings. The van der Waals surface area contributed by atoms with Crippen molar-refractivity contribution < 1.29 is 9.53 Å². The van der Waals surface area contributed by atoms with Gasteiger partial charge >= 0.3 is 0 Å². The van der Waals surface area contributed by atoms with E-state index in [0.717, 1.165) is 6.61 Å². The van der Waals surface area contributed by atoms with E-state index in [2.05, 4.69) is 10.3 Å². The Morgan fingerprint density at radius 3 is 3.00 bits per heavy atom. The summed E-state index contributed by atoms with van der Waals surface area (Å²) in [5.41, 5.74) is 2.24. The summed E-state index contributed by atoms with van der Waals surface area (Å²) in [5.74, 6) is 5.29. The SMILES string of the molecule is NNC(=O)c1cn(CCOCC2CCCCC2)nn1. The maximum absolute atomic E-state index is 11.2. The summed E-state index contributed by atoms with van der Waals surface area (Å²) in [6.07, 6.45) is 8.14. The van der Waals surface area contributed by atoms with Crippen LogP contribution in [-0.4, -0.2) is 34.1 Å². The molecule has 0 atom stereocenters. The molecule has 7 nitrogen and oxygen atoms in total. The molecule has 1 saturated carbocycles. The van der Waals surface area contributed by atoms with Crippen molar-refractivity contribution in [1.82, 2.24) is 20.4 Å². The number of aromatic nitrogens is 3. The Bertz CT molecular complexity index is 401. The van der Waals surface area contributed by atoms with Crippen LogP contribution in [0.2, 0.25) is 0 Å². The van der Waals surface area contributed by atoms with Crippen LogP contribution in [0, 0.1) is 5.92 Å². The van der Waals surface area contributed by atoms with Crippen LogP contribution in [0.5, 0.6) is 0 Å². The van der Waals surface area contributed by atoms with Gasteiger partial charge in [0.2, 0.25) is 0 Å². The molecular weight excluding hydrogens is 246 g/mol. The smallest absolute Gasteiger partial charge is 0.287 e. The lowest BCUT2D eigenvalue weighted by Crippen LogP contribution is -2.30. The molecule has 1 aromatic heterocycles. The molecule has 1 aliphatic carbocycles. The quantitative estimate of drug-likeness (QED) is 0.338. The van der Waals surface area contributed by atoms with Crippen molar-refractivity contribution >= 4 is 5.91 Å². The molecule has 1 aliphatic rings. The molecule has 2 rings (SSSR count). The lowest BCUT2D eigenvalue weighted by molar-refractivity contribution is 0.0779. The third-order valence-corrected chi connectivity index (χ3v) is 3.45. The highest BCUT2D eigenvalue weighted by Crippen LogP contribution is 2.23. The number of hydrazine groups is 1. The van der Waals surface area contributed by atoms with E-state index in [1.807, 2.05) is 5.43 Å². The fourth-order valence-electron chi connectivity index (χ4n) is 2.35. The number of carbonyl (C=O) groups excluding carboxylic acids is 1. The normalized spacial score (nSPS) is 16.5. The summed E-state index contributed by atoms with van der Waals surface area (Å²) < 4.78 is 7.25. The van der Waals surface area contributed by atoms with Crippen LogP contribution in [0.25, 0.3) is 0 Å². The topological polar surface area (TPSA) is 95.1 Å². The first kappa shape index (κ1) is 14.0. The number of hydrogen-bond donors (Lipinski definition) is 2. The van der Waals surface area contributed by atoms with Gasteiger partial charge in [-0.1, -0.05) is 24.5 Å². The standard InChI is InChI=1S/C12H21N5O2/c13-14-12(18)11-8-17(16-15-11)6-7-19-9-10-4-2-1-3-5-10/h8,10H,1-7,9,13H2,(H,14,18). The van der Waals surface area contributed by atoms with Crippen LogP contribution in [-0.2, 0) is 11.3 Å². The van der Waals surface area contributed by atoms with Crippen molar-refractivity contribution in [2.75, 3.05) is 13.2 Å². The Kier molecular flexibility index (Phi) is 5.29. The lowest BCUT2D eigenvalue weighted by Gasteiger charge is -2.21. The van der Waals surface area contributed by atoms with E-state index >= 15 is 0 Å². The monoisotopic (exact) mass is 267 g/mol. The van der Waals surface area contributed by atoms with Gasteiger partial charge in [0.25, 0.3) is 5.91 Å². The molecular formula is C12H21N5O2. The summed E-state index contributed by atoms with van der Waals surface area (Å²) in [7, 11) is 0. The number of nitrogens with zero attached hydrogens (tertiary/aromatic N) is 3. The molecule has 0 unspecified atom stereocenters. The maximum Gasteiger partial charge on any atom is 0.287 e. The predicted octanol–water partition coefficient (Wildman–Crippen LogP) is 0.478. The number of ether oxygens (including phenoxy) is 1. The van der Waals surface area contributed by atoms with Crippen LogP contribution >= 0.6 is 0 Å². The van der Waals surface area contributed by atoms with Crippen molar-refractivity contribution in [1.29, 1.82) is 0 Å². The highest BCUT2D eigenvalue weighted by molar-refractivity contribution is 5.91. The molecule has 0 radical (unpaired) electrons. The summed E-state index contributed by atoms with van der Waals surface area (Å²) >= 11 is 0. The van der Waals surface area contributed by atoms with Gasteiger partial charge < -0.3 is 4.74 Å². The van der Waals surface area contributed by atoms with E-state index in [1.54, 1.807) is 10.9 Å². The number of nitrogens with two attached hydrogens (primary N) is 1. The van der Waals surface area contributed by atoms with Gasteiger partial charge in [-0.25, -0.2) is 10.5 Å². The highest BCUT2D eigenvalue weighted by Gasteiger charge is 2.13. The first-order valence-corrected chi connectivity index (χ1v) is 6.78. The maximum atomic E-state index is 11.2. The van der Waals surface area contributed by atoms with E-state index in [1.165, 1.54) is 32.1 Å². The fourth-order valence-corrected chi connectivity index (χ4v) is 2.35. The molecule has 0 spiro atoms. The molecule has 0 aromatic carbocycles. The van der Waals surface area contributed by atoms with Gasteiger partial charge in [-0.05, 0) is 18.8 Å². The summed E-state index contributed by atoms with van der Waals surface area (Å²) in [4.78, 5) is 11.2. The minimum atomic E-state index is -0.436. The Labute approximate surface area is 112 Å². The van der Waals surface area contributed by atoms with Gasteiger partial charge in [-0.15, -0.1) is 5.10 Å². The van der Waals surface area contributed by atoms with Crippen molar-refractivity contribution in [2.45, 2.75) is 38.6 Å². The van der Waals surface area contributed by atoms with Crippen LogP contribution in [0.3, 0.4) is 0 Å².